The van der Waals surface area contributed by atoms with E-state index in [1.807, 2.05) is 0 Å². The fraction of sp³-hybridized carbons (Fsp3) is 0.444. The molecule has 1 aliphatic carbocycles. The minimum Gasteiger partial charge on any atom is -0.393 e. The number of aliphatic hydroxyl groups is 2. The van der Waals surface area contributed by atoms with Gasteiger partial charge in [-0.15, -0.1) is 0 Å². The fourth-order valence-corrected chi connectivity index (χ4v) is 5.16. The molecule has 3 nitrogen and oxygen atoms in total. The second kappa shape index (κ2) is 11.1. The number of hydrogen-bond donors (Lipinski definition) is 2. The average molecular weight is 436 g/mol. The van der Waals surface area contributed by atoms with Crippen molar-refractivity contribution in [1.29, 1.82) is 0 Å². The Morgan fingerprint density at radius 2 is 2.03 bits per heavy atom. The first-order valence-electron chi connectivity index (χ1n) is 11.2. The first-order chi connectivity index (χ1) is 14.9. The van der Waals surface area contributed by atoms with Gasteiger partial charge in [-0.1, -0.05) is 63.8 Å². The zero-order chi connectivity index (χ0) is 22.4. The summed E-state index contributed by atoms with van der Waals surface area (Å²) in [5.41, 5.74) is 4.19. The number of allylic oxidation sites excluding steroid dienone is 3. The van der Waals surface area contributed by atoms with E-state index >= 15 is 0 Å². The van der Waals surface area contributed by atoms with E-state index in [1.165, 1.54) is 10.9 Å². The molecular formula is C27H34NO2P. The summed E-state index contributed by atoms with van der Waals surface area (Å²) < 4.78 is 0. The van der Waals surface area contributed by atoms with Crippen LogP contribution in [-0.2, 0) is 0 Å². The molecule has 0 bridgehead atoms. The molecule has 1 fully saturated rings. The van der Waals surface area contributed by atoms with Gasteiger partial charge < -0.3 is 10.2 Å². The summed E-state index contributed by atoms with van der Waals surface area (Å²) in [4.78, 5) is 4.47. The molecule has 4 heteroatoms. The zero-order valence-corrected chi connectivity index (χ0v) is 19.8. The van der Waals surface area contributed by atoms with Crippen molar-refractivity contribution in [2.45, 2.75) is 51.7 Å². The normalized spacial score (nSPS) is 25.4. The molecule has 164 valence electrons. The zero-order valence-electron chi connectivity index (χ0n) is 18.8. The first-order valence-corrected chi connectivity index (χ1v) is 12.7. The lowest BCUT2D eigenvalue weighted by molar-refractivity contribution is 0.0666. The van der Waals surface area contributed by atoms with Crippen LogP contribution in [0.25, 0.3) is 5.31 Å². The number of hydrogen-bond acceptors (Lipinski definition) is 3. The minimum atomic E-state index is -0.537. The van der Waals surface area contributed by atoms with Crippen LogP contribution < -0.4 is 0 Å². The molecule has 2 aliphatic rings. The van der Waals surface area contributed by atoms with Crippen molar-refractivity contribution in [3.63, 3.8) is 0 Å². The number of rotatable bonds is 7. The van der Waals surface area contributed by atoms with E-state index in [4.69, 9.17) is 0 Å². The number of aliphatic imine (C=N–C) groups is 1. The molecule has 1 saturated carbocycles. The third-order valence-electron chi connectivity index (χ3n) is 6.26. The van der Waals surface area contributed by atoms with E-state index < -0.39 is 6.10 Å². The van der Waals surface area contributed by atoms with Crippen molar-refractivity contribution in [3.05, 3.63) is 65.9 Å². The fourth-order valence-electron chi connectivity index (χ4n) is 4.37. The highest BCUT2D eigenvalue weighted by atomic mass is 31.1. The molecule has 0 radical (unpaired) electrons. The van der Waals surface area contributed by atoms with Crippen LogP contribution in [0.1, 0.15) is 50.7 Å². The topological polar surface area (TPSA) is 52.8 Å². The Bertz CT molecular complexity index is 924. The van der Waals surface area contributed by atoms with E-state index in [1.54, 1.807) is 13.1 Å². The maximum Gasteiger partial charge on any atom is 0.0896 e. The third kappa shape index (κ3) is 6.05. The summed E-state index contributed by atoms with van der Waals surface area (Å²) in [7, 11) is 0.654. The molecule has 31 heavy (non-hydrogen) atoms. The molecule has 4 atom stereocenters. The van der Waals surface area contributed by atoms with Crippen LogP contribution in [0.15, 0.2) is 59.8 Å². The average Bonchev–Trinajstić information content (AvgIpc) is 2.75. The van der Waals surface area contributed by atoms with E-state index in [2.05, 4.69) is 73.4 Å². The molecule has 1 aliphatic heterocycles. The molecule has 2 N–H and O–H groups in total. The van der Waals surface area contributed by atoms with E-state index in [0.29, 0.717) is 14.5 Å². The molecule has 3 unspecified atom stereocenters. The summed E-state index contributed by atoms with van der Waals surface area (Å²) in [6.45, 7) is 10.6. The Morgan fingerprint density at radius 3 is 2.61 bits per heavy atom. The Morgan fingerprint density at radius 1 is 1.32 bits per heavy atom. The Kier molecular flexibility index (Phi) is 8.44. The van der Waals surface area contributed by atoms with Crippen LogP contribution in [0, 0.1) is 29.6 Å². The predicted octanol–water partition coefficient (Wildman–Crippen LogP) is 5.40. The number of benzene rings is 1. The molecule has 0 amide bonds. The molecule has 0 spiro atoms. The van der Waals surface area contributed by atoms with Crippen molar-refractivity contribution in [3.8, 4) is 11.8 Å². The monoisotopic (exact) mass is 435 g/mol. The standard InChI is InChI=1S/C27H34NO2P/c1-5-24(25-7-6-14-28-27(25)19(3)29)18(2)15-26(31-4)22-12-10-20(11-13-22)8-9-21-16-23(30)17-21/h6,10-15,19,21,23-25,29-31H,2,5,7,16-17H2,1,3-4H3/b26-15-/t19-,21?,23?,24?,25?/m0/s1. The molecule has 1 aromatic carbocycles. The van der Waals surface area contributed by atoms with Gasteiger partial charge in [0.25, 0.3) is 0 Å². The van der Waals surface area contributed by atoms with Gasteiger partial charge in [0.05, 0.1) is 17.9 Å². The lowest BCUT2D eigenvalue weighted by Gasteiger charge is -2.30. The van der Waals surface area contributed by atoms with E-state index in [0.717, 1.165) is 42.5 Å². The van der Waals surface area contributed by atoms with Gasteiger partial charge in [-0.2, -0.15) is 0 Å². The van der Waals surface area contributed by atoms with Crippen LogP contribution in [0.5, 0.6) is 0 Å². The molecule has 1 aromatic rings. The maximum atomic E-state index is 10.2. The SMILES string of the molecule is C=C(/C=C(\PC)c1ccc(C#CC2CC(O)C2)cc1)C(CC)C1CC=CN=C1[C@H](C)O. The quantitative estimate of drug-likeness (QED) is 0.342. The van der Waals surface area contributed by atoms with Crippen molar-refractivity contribution in [1.82, 2.24) is 0 Å². The lowest BCUT2D eigenvalue weighted by atomic mass is 9.77. The van der Waals surface area contributed by atoms with E-state index in [9.17, 15) is 10.2 Å². The second-order valence-corrected chi connectivity index (χ2v) is 9.56. The first kappa shape index (κ1) is 23.7. The molecular weight excluding hydrogens is 401 g/mol. The van der Waals surface area contributed by atoms with Crippen LogP contribution in [0.4, 0.5) is 0 Å². The van der Waals surface area contributed by atoms with Crippen molar-refractivity contribution < 1.29 is 10.2 Å². The Hall–Kier alpha value is -1.98. The smallest absolute Gasteiger partial charge is 0.0896 e. The maximum absolute atomic E-state index is 10.2. The summed E-state index contributed by atoms with van der Waals surface area (Å²) >= 11 is 0. The van der Waals surface area contributed by atoms with Crippen molar-refractivity contribution in [2.75, 3.05) is 6.66 Å². The summed E-state index contributed by atoms with van der Waals surface area (Å²) in [6, 6.07) is 8.44. The van der Waals surface area contributed by atoms with Crippen molar-refractivity contribution >= 4 is 19.6 Å². The highest BCUT2D eigenvalue weighted by molar-refractivity contribution is 7.49. The van der Waals surface area contributed by atoms with Gasteiger partial charge in [0.2, 0.25) is 0 Å². The lowest BCUT2D eigenvalue weighted by Crippen LogP contribution is -2.32. The molecule has 1 heterocycles. The highest BCUT2D eigenvalue weighted by Crippen LogP contribution is 2.37. The van der Waals surface area contributed by atoms with Gasteiger partial charge >= 0.3 is 0 Å². The molecule has 0 saturated heterocycles. The number of nitrogens with zero attached hydrogens (tertiary/aromatic N) is 1. The highest BCUT2D eigenvalue weighted by Gasteiger charge is 2.29. The van der Waals surface area contributed by atoms with Gasteiger partial charge in [0.15, 0.2) is 0 Å². The van der Waals surface area contributed by atoms with Crippen molar-refractivity contribution in [2.24, 2.45) is 22.7 Å². The largest absolute Gasteiger partial charge is 0.393 e. The second-order valence-electron chi connectivity index (χ2n) is 8.52. The molecule has 0 aromatic heterocycles. The Balaban J connectivity index is 1.74. The van der Waals surface area contributed by atoms with Crippen LogP contribution in [0.2, 0.25) is 0 Å². The summed E-state index contributed by atoms with van der Waals surface area (Å²) in [6.07, 6.45) is 8.89. The van der Waals surface area contributed by atoms with Crippen LogP contribution >= 0.6 is 8.58 Å². The van der Waals surface area contributed by atoms with Crippen LogP contribution in [-0.4, -0.2) is 34.8 Å². The Labute approximate surface area is 188 Å². The molecule has 3 rings (SSSR count). The van der Waals surface area contributed by atoms with Gasteiger partial charge in [-0.25, -0.2) is 0 Å². The van der Waals surface area contributed by atoms with Gasteiger partial charge in [-0.3, -0.25) is 4.99 Å². The summed E-state index contributed by atoms with van der Waals surface area (Å²) in [5.74, 6) is 7.29. The van der Waals surface area contributed by atoms with Crippen LogP contribution in [0.3, 0.4) is 0 Å². The van der Waals surface area contributed by atoms with Gasteiger partial charge in [-0.05, 0) is 68.2 Å². The van der Waals surface area contributed by atoms with Gasteiger partial charge in [0.1, 0.15) is 0 Å². The minimum absolute atomic E-state index is 0.160. The van der Waals surface area contributed by atoms with E-state index in [-0.39, 0.29) is 17.9 Å². The summed E-state index contributed by atoms with van der Waals surface area (Å²) in [5, 5.41) is 20.9. The predicted molar refractivity (Wildman–Crippen MR) is 134 cm³/mol. The number of aliphatic hydroxyl groups excluding tert-OH is 2. The van der Waals surface area contributed by atoms with Gasteiger partial charge in [0, 0.05) is 23.6 Å². The third-order valence-corrected chi connectivity index (χ3v) is 7.23.